The summed E-state index contributed by atoms with van der Waals surface area (Å²) in [6.07, 6.45) is 2.19. The topological polar surface area (TPSA) is 95.1 Å². The Bertz CT molecular complexity index is 520. The standard InChI is InChI=1S/C19H37N5O3/c1-7-20-16(21-11-10-15(25)24-12-8-9-13-24)22-14-19(5,6)23-17(26)27-18(2,3)4/h7-14H2,1-6H3,(H,23,26)(H2,20,21,22). The molecule has 0 spiro atoms. The molecule has 3 N–H and O–H groups in total. The highest BCUT2D eigenvalue weighted by atomic mass is 16.6. The molecule has 1 fully saturated rings. The molecule has 0 aliphatic carbocycles. The van der Waals surface area contributed by atoms with E-state index >= 15 is 0 Å². The second-order valence-corrected chi connectivity index (χ2v) is 8.47. The van der Waals surface area contributed by atoms with Crippen LogP contribution in [-0.2, 0) is 9.53 Å². The Morgan fingerprint density at radius 3 is 2.26 bits per heavy atom. The SMILES string of the molecule is CCNC(=NCC(C)(C)NC(=O)OC(C)(C)C)NCCC(=O)N1CCCC1. The Kier molecular flexibility index (Phi) is 8.85. The third-order valence-electron chi connectivity index (χ3n) is 3.91. The summed E-state index contributed by atoms with van der Waals surface area (Å²) in [7, 11) is 0. The zero-order chi connectivity index (χ0) is 20.5. The number of alkyl carbamates (subject to hydrolysis) is 1. The lowest BCUT2D eigenvalue weighted by atomic mass is 10.1. The van der Waals surface area contributed by atoms with Crippen LogP contribution in [0.3, 0.4) is 0 Å². The number of ether oxygens (including phenoxy) is 1. The summed E-state index contributed by atoms with van der Waals surface area (Å²) < 4.78 is 5.30. The molecule has 2 amide bonds. The number of amides is 2. The zero-order valence-electron chi connectivity index (χ0n) is 17.8. The second kappa shape index (κ2) is 10.4. The predicted octanol–water partition coefficient (Wildman–Crippen LogP) is 1.86. The first kappa shape index (κ1) is 23.0. The number of nitrogens with one attached hydrogen (secondary N) is 3. The van der Waals surface area contributed by atoms with Gasteiger partial charge in [-0.1, -0.05) is 0 Å². The molecular formula is C19H37N5O3. The highest BCUT2D eigenvalue weighted by Gasteiger charge is 2.24. The molecule has 0 saturated carbocycles. The first-order valence-corrected chi connectivity index (χ1v) is 9.83. The van der Waals surface area contributed by atoms with Gasteiger partial charge in [0.2, 0.25) is 5.91 Å². The fourth-order valence-corrected chi connectivity index (χ4v) is 2.65. The van der Waals surface area contributed by atoms with Crippen LogP contribution < -0.4 is 16.0 Å². The Morgan fingerprint density at radius 2 is 1.70 bits per heavy atom. The van der Waals surface area contributed by atoms with Crippen molar-refractivity contribution in [1.29, 1.82) is 0 Å². The van der Waals surface area contributed by atoms with Crippen LogP contribution in [0.1, 0.15) is 60.8 Å². The van der Waals surface area contributed by atoms with Crippen LogP contribution in [0.5, 0.6) is 0 Å². The van der Waals surface area contributed by atoms with Gasteiger partial charge in [0, 0.05) is 32.6 Å². The van der Waals surface area contributed by atoms with Crippen LogP contribution in [0.25, 0.3) is 0 Å². The molecule has 0 bridgehead atoms. The van der Waals surface area contributed by atoms with Gasteiger partial charge in [-0.05, 0) is 54.4 Å². The number of rotatable bonds is 7. The molecule has 1 aliphatic rings. The van der Waals surface area contributed by atoms with Crippen molar-refractivity contribution in [1.82, 2.24) is 20.9 Å². The van der Waals surface area contributed by atoms with Crippen molar-refractivity contribution < 1.29 is 14.3 Å². The molecule has 0 atom stereocenters. The van der Waals surface area contributed by atoms with Crippen molar-refractivity contribution in [2.24, 2.45) is 4.99 Å². The minimum atomic E-state index is -0.559. The molecule has 1 heterocycles. The molecule has 8 nitrogen and oxygen atoms in total. The van der Waals surface area contributed by atoms with E-state index in [0.717, 1.165) is 25.9 Å². The van der Waals surface area contributed by atoms with Gasteiger partial charge in [0.15, 0.2) is 5.96 Å². The van der Waals surface area contributed by atoms with Gasteiger partial charge in [0.1, 0.15) is 5.60 Å². The number of nitrogens with zero attached hydrogens (tertiary/aromatic N) is 2. The van der Waals surface area contributed by atoms with Crippen molar-refractivity contribution in [2.75, 3.05) is 32.7 Å². The van der Waals surface area contributed by atoms with Crippen molar-refractivity contribution in [2.45, 2.75) is 71.9 Å². The smallest absolute Gasteiger partial charge is 0.408 e. The molecular weight excluding hydrogens is 346 g/mol. The Labute approximate surface area is 163 Å². The molecule has 1 rings (SSSR count). The molecule has 0 aromatic heterocycles. The molecule has 1 saturated heterocycles. The van der Waals surface area contributed by atoms with Crippen molar-refractivity contribution >= 4 is 18.0 Å². The summed E-state index contributed by atoms with van der Waals surface area (Å²) in [5.74, 6) is 0.813. The molecule has 0 unspecified atom stereocenters. The average molecular weight is 384 g/mol. The first-order chi connectivity index (χ1) is 12.5. The van der Waals surface area contributed by atoms with Crippen LogP contribution >= 0.6 is 0 Å². The van der Waals surface area contributed by atoms with Gasteiger partial charge >= 0.3 is 6.09 Å². The van der Waals surface area contributed by atoms with E-state index < -0.39 is 17.2 Å². The number of hydrogen-bond donors (Lipinski definition) is 3. The van der Waals surface area contributed by atoms with Crippen LogP contribution in [0.15, 0.2) is 4.99 Å². The van der Waals surface area contributed by atoms with Crippen molar-refractivity contribution in [3.63, 3.8) is 0 Å². The number of likely N-dealkylation sites (tertiary alicyclic amines) is 1. The highest BCUT2D eigenvalue weighted by molar-refractivity contribution is 5.81. The molecule has 0 aromatic carbocycles. The third kappa shape index (κ3) is 10.1. The van der Waals surface area contributed by atoms with Gasteiger partial charge in [0.25, 0.3) is 0 Å². The second-order valence-electron chi connectivity index (χ2n) is 8.47. The largest absolute Gasteiger partial charge is 0.444 e. The van der Waals surface area contributed by atoms with E-state index in [1.54, 1.807) is 0 Å². The summed E-state index contributed by atoms with van der Waals surface area (Å²) in [6, 6.07) is 0. The van der Waals surface area contributed by atoms with E-state index in [-0.39, 0.29) is 5.91 Å². The Hall–Kier alpha value is -1.99. The number of aliphatic imine (C=N–C) groups is 1. The summed E-state index contributed by atoms with van der Waals surface area (Å²) in [5, 5.41) is 9.18. The van der Waals surface area contributed by atoms with Gasteiger partial charge in [-0.25, -0.2) is 4.79 Å². The number of carbonyl (C=O) groups is 2. The number of hydrogen-bond acceptors (Lipinski definition) is 4. The minimum Gasteiger partial charge on any atom is -0.444 e. The maximum atomic E-state index is 12.1. The maximum absolute atomic E-state index is 12.1. The summed E-state index contributed by atoms with van der Waals surface area (Å²) >= 11 is 0. The van der Waals surface area contributed by atoms with Gasteiger partial charge in [-0.15, -0.1) is 0 Å². The maximum Gasteiger partial charge on any atom is 0.408 e. The summed E-state index contributed by atoms with van der Waals surface area (Å²) in [4.78, 5) is 30.5. The van der Waals surface area contributed by atoms with E-state index in [0.29, 0.717) is 32.0 Å². The lowest BCUT2D eigenvalue weighted by molar-refractivity contribution is -0.129. The molecule has 0 radical (unpaired) electrons. The fraction of sp³-hybridized carbons (Fsp3) is 0.842. The van der Waals surface area contributed by atoms with E-state index in [2.05, 4.69) is 20.9 Å². The van der Waals surface area contributed by atoms with E-state index in [1.165, 1.54) is 0 Å². The van der Waals surface area contributed by atoms with E-state index in [1.807, 2.05) is 46.4 Å². The highest BCUT2D eigenvalue weighted by Crippen LogP contribution is 2.10. The Balaban J connectivity index is 2.48. The molecule has 8 heteroatoms. The fourth-order valence-electron chi connectivity index (χ4n) is 2.65. The number of carbonyl (C=O) groups excluding carboxylic acids is 2. The molecule has 0 aromatic rings. The van der Waals surface area contributed by atoms with Gasteiger partial charge < -0.3 is 25.6 Å². The monoisotopic (exact) mass is 383 g/mol. The van der Waals surface area contributed by atoms with Crippen LogP contribution in [-0.4, -0.2) is 66.7 Å². The lowest BCUT2D eigenvalue weighted by Gasteiger charge is -2.27. The van der Waals surface area contributed by atoms with Gasteiger partial charge in [-0.3, -0.25) is 9.79 Å². The van der Waals surface area contributed by atoms with Gasteiger partial charge in [0.05, 0.1) is 12.1 Å². The summed E-state index contributed by atoms with van der Waals surface area (Å²) in [6.45, 7) is 14.6. The molecule has 156 valence electrons. The van der Waals surface area contributed by atoms with Crippen LogP contribution in [0, 0.1) is 0 Å². The quantitative estimate of drug-likeness (QED) is 0.461. The Morgan fingerprint density at radius 1 is 1.07 bits per heavy atom. The van der Waals surface area contributed by atoms with Crippen molar-refractivity contribution in [3.8, 4) is 0 Å². The predicted molar refractivity (Wildman–Crippen MR) is 108 cm³/mol. The average Bonchev–Trinajstić information content (AvgIpc) is 3.04. The minimum absolute atomic E-state index is 0.183. The van der Waals surface area contributed by atoms with Crippen LogP contribution in [0.2, 0.25) is 0 Å². The molecule has 1 aliphatic heterocycles. The number of guanidine groups is 1. The van der Waals surface area contributed by atoms with Gasteiger partial charge in [-0.2, -0.15) is 0 Å². The van der Waals surface area contributed by atoms with E-state index in [4.69, 9.17) is 4.74 Å². The first-order valence-electron chi connectivity index (χ1n) is 9.83. The zero-order valence-corrected chi connectivity index (χ0v) is 17.8. The normalized spacial score (nSPS) is 15.5. The van der Waals surface area contributed by atoms with Crippen LogP contribution in [0.4, 0.5) is 4.79 Å². The molecule has 27 heavy (non-hydrogen) atoms. The lowest BCUT2D eigenvalue weighted by Crippen LogP contribution is -2.49. The van der Waals surface area contributed by atoms with Crippen molar-refractivity contribution in [3.05, 3.63) is 0 Å². The summed E-state index contributed by atoms with van der Waals surface area (Å²) in [5.41, 5.74) is -1.10. The third-order valence-corrected chi connectivity index (χ3v) is 3.91. The van der Waals surface area contributed by atoms with E-state index in [9.17, 15) is 9.59 Å².